The van der Waals surface area contributed by atoms with Crippen molar-refractivity contribution < 1.29 is 22.7 Å². The minimum Gasteiger partial charge on any atom is -0.445 e. The van der Waals surface area contributed by atoms with Crippen LogP contribution in [0.25, 0.3) is 0 Å². The molecule has 1 amide bonds. The Morgan fingerprint density at radius 3 is 2.35 bits per heavy atom. The summed E-state index contributed by atoms with van der Waals surface area (Å²) in [6.45, 7) is 0.180. The van der Waals surface area contributed by atoms with Crippen molar-refractivity contribution in [2.75, 3.05) is 11.5 Å². The molecule has 1 saturated heterocycles. The van der Waals surface area contributed by atoms with Crippen molar-refractivity contribution in [3.8, 4) is 0 Å². The number of Topliss-reactive ketones (excluding diaryl/α,β-unsaturated/α-hetero) is 1. The number of fused-ring (bicyclic) bond motifs is 2. The lowest BCUT2D eigenvalue weighted by atomic mass is 9.78. The van der Waals surface area contributed by atoms with Gasteiger partial charge in [0.15, 0.2) is 9.84 Å². The molecule has 1 aromatic carbocycles. The summed E-state index contributed by atoms with van der Waals surface area (Å²) in [7, 11) is -3.14. The molecule has 6 nitrogen and oxygen atoms in total. The third kappa shape index (κ3) is 3.90. The van der Waals surface area contributed by atoms with Crippen LogP contribution >= 0.6 is 0 Å². The number of amides is 1. The van der Waals surface area contributed by atoms with E-state index in [0.717, 1.165) is 5.56 Å². The van der Waals surface area contributed by atoms with Crippen molar-refractivity contribution in [2.24, 2.45) is 11.8 Å². The Morgan fingerprint density at radius 2 is 1.74 bits per heavy atom. The van der Waals surface area contributed by atoms with Crippen molar-refractivity contribution in [3.63, 3.8) is 0 Å². The van der Waals surface area contributed by atoms with Gasteiger partial charge in [-0.1, -0.05) is 30.3 Å². The molecule has 1 saturated carbocycles. The molecule has 0 radical (unpaired) electrons. The minimum atomic E-state index is -3.14. The summed E-state index contributed by atoms with van der Waals surface area (Å²) in [4.78, 5) is 23.9. The van der Waals surface area contributed by atoms with Crippen LogP contribution in [0.1, 0.15) is 18.4 Å². The molecule has 23 heavy (non-hydrogen) atoms. The van der Waals surface area contributed by atoms with Gasteiger partial charge in [-0.2, -0.15) is 0 Å². The highest BCUT2D eigenvalue weighted by Gasteiger charge is 2.45. The average Bonchev–Trinajstić information content (AvgIpc) is 2.48. The number of sulfone groups is 1. The highest BCUT2D eigenvalue weighted by Crippen LogP contribution is 2.33. The summed E-state index contributed by atoms with van der Waals surface area (Å²) in [5.74, 6) is -1.16. The van der Waals surface area contributed by atoms with E-state index >= 15 is 0 Å². The molecule has 0 aromatic heterocycles. The predicted molar refractivity (Wildman–Crippen MR) is 83.4 cm³/mol. The zero-order valence-electron chi connectivity index (χ0n) is 12.6. The number of carbonyl (C=O) groups excluding carboxylic acids is 2. The van der Waals surface area contributed by atoms with Gasteiger partial charge in [-0.25, -0.2) is 13.2 Å². The second-order valence-corrected chi connectivity index (χ2v) is 8.40. The molecular weight excluding hydrogens is 318 g/mol. The van der Waals surface area contributed by atoms with Crippen LogP contribution in [0.5, 0.6) is 0 Å². The molecule has 0 spiro atoms. The van der Waals surface area contributed by atoms with Gasteiger partial charge in [0.2, 0.25) is 0 Å². The molecule has 1 aliphatic heterocycles. The minimum absolute atomic E-state index is 0.0236. The van der Waals surface area contributed by atoms with Crippen molar-refractivity contribution in [3.05, 3.63) is 35.9 Å². The molecule has 1 aliphatic carbocycles. The fourth-order valence-electron chi connectivity index (χ4n) is 3.38. The van der Waals surface area contributed by atoms with E-state index in [4.69, 9.17) is 4.74 Å². The third-order valence-corrected chi connectivity index (χ3v) is 6.21. The molecule has 2 unspecified atom stereocenters. The molecule has 2 fully saturated rings. The molecule has 1 aromatic rings. The maximum atomic E-state index is 12.0. The fourth-order valence-corrected chi connectivity index (χ4v) is 5.34. The zero-order valence-corrected chi connectivity index (χ0v) is 13.4. The number of ketones is 1. The fraction of sp³-hybridized carbons (Fsp3) is 0.500. The van der Waals surface area contributed by atoms with E-state index in [-0.39, 0.29) is 29.9 Å². The van der Waals surface area contributed by atoms with Gasteiger partial charge >= 0.3 is 6.09 Å². The van der Waals surface area contributed by atoms with Crippen LogP contribution < -0.4 is 5.32 Å². The Hall–Kier alpha value is -1.89. The first-order valence-electron chi connectivity index (χ1n) is 7.64. The van der Waals surface area contributed by atoms with Crippen molar-refractivity contribution >= 4 is 21.7 Å². The van der Waals surface area contributed by atoms with E-state index in [0.29, 0.717) is 12.8 Å². The van der Waals surface area contributed by atoms with E-state index in [1.165, 1.54) is 0 Å². The average molecular weight is 337 g/mol. The van der Waals surface area contributed by atoms with E-state index < -0.39 is 27.8 Å². The Bertz CT molecular complexity index is 676. The second-order valence-electron chi connectivity index (χ2n) is 6.25. The molecular formula is C16H19NO5S. The van der Waals surface area contributed by atoms with Crippen LogP contribution in [0.15, 0.2) is 30.3 Å². The van der Waals surface area contributed by atoms with Gasteiger partial charge in [-0.05, 0) is 18.4 Å². The van der Waals surface area contributed by atoms with Gasteiger partial charge in [-0.3, -0.25) is 4.79 Å². The smallest absolute Gasteiger partial charge is 0.407 e. The normalized spacial score (nSPS) is 28.9. The maximum absolute atomic E-state index is 12.0. The van der Waals surface area contributed by atoms with Gasteiger partial charge in [0.05, 0.1) is 11.5 Å². The third-order valence-electron chi connectivity index (χ3n) is 4.39. The number of ether oxygens (including phenoxy) is 1. The van der Waals surface area contributed by atoms with E-state index in [2.05, 4.69) is 5.32 Å². The topological polar surface area (TPSA) is 89.5 Å². The Morgan fingerprint density at radius 1 is 1.13 bits per heavy atom. The predicted octanol–water partition coefficient (Wildman–Crippen LogP) is 1.31. The van der Waals surface area contributed by atoms with E-state index in [9.17, 15) is 18.0 Å². The molecule has 7 heteroatoms. The largest absolute Gasteiger partial charge is 0.445 e. The van der Waals surface area contributed by atoms with Gasteiger partial charge < -0.3 is 10.1 Å². The van der Waals surface area contributed by atoms with Gasteiger partial charge in [-0.15, -0.1) is 0 Å². The lowest BCUT2D eigenvalue weighted by molar-refractivity contribution is -0.128. The highest BCUT2D eigenvalue weighted by atomic mass is 32.2. The maximum Gasteiger partial charge on any atom is 0.407 e. The summed E-state index contributed by atoms with van der Waals surface area (Å²) >= 11 is 0. The number of hydrogen-bond donors (Lipinski definition) is 1. The van der Waals surface area contributed by atoms with Crippen LogP contribution in [0.2, 0.25) is 0 Å². The second kappa shape index (κ2) is 6.31. The van der Waals surface area contributed by atoms with Crippen LogP contribution in [0.3, 0.4) is 0 Å². The van der Waals surface area contributed by atoms with E-state index in [1.54, 1.807) is 0 Å². The summed E-state index contributed by atoms with van der Waals surface area (Å²) in [5, 5.41) is 2.76. The Balaban J connectivity index is 1.53. The molecule has 2 atom stereocenters. The van der Waals surface area contributed by atoms with Gasteiger partial charge in [0.25, 0.3) is 0 Å². The number of rotatable bonds is 3. The van der Waals surface area contributed by atoms with Crippen LogP contribution in [0, 0.1) is 11.8 Å². The number of nitrogens with one attached hydrogen (secondary N) is 1. The number of benzene rings is 1. The quantitative estimate of drug-likeness (QED) is 0.898. The summed E-state index contributed by atoms with van der Waals surface area (Å²) in [5.41, 5.74) is 0.893. The van der Waals surface area contributed by atoms with Crippen LogP contribution in [-0.2, 0) is 26.0 Å². The highest BCUT2D eigenvalue weighted by molar-refractivity contribution is 7.91. The first-order chi connectivity index (χ1) is 10.9. The lowest BCUT2D eigenvalue weighted by Gasteiger charge is -2.37. The lowest BCUT2D eigenvalue weighted by Crippen LogP contribution is -2.51. The SMILES string of the molecule is O=C(NC1CC2CS(=O)(=O)CC(C1)C2=O)OCc1ccccc1. The molecule has 1 N–H and O–H groups in total. The summed E-state index contributed by atoms with van der Waals surface area (Å²) in [6, 6.07) is 9.14. The monoisotopic (exact) mass is 337 g/mol. The first-order valence-corrected chi connectivity index (χ1v) is 9.46. The molecule has 124 valence electrons. The van der Waals surface area contributed by atoms with Crippen molar-refractivity contribution in [1.29, 1.82) is 0 Å². The van der Waals surface area contributed by atoms with Crippen molar-refractivity contribution in [1.82, 2.24) is 5.32 Å². The molecule has 3 rings (SSSR count). The molecule has 2 bridgehead atoms. The first kappa shape index (κ1) is 16.0. The van der Waals surface area contributed by atoms with Crippen LogP contribution in [-0.4, -0.2) is 37.8 Å². The van der Waals surface area contributed by atoms with Crippen molar-refractivity contribution in [2.45, 2.75) is 25.5 Å². The zero-order chi connectivity index (χ0) is 16.4. The van der Waals surface area contributed by atoms with Gasteiger partial charge in [0, 0.05) is 17.9 Å². The number of hydrogen-bond acceptors (Lipinski definition) is 5. The van der Waals surface area contributed by atoms with Gasteiger partial charge in [0.1, 0.15) is 12.4 Å². The number of alkyl carbamates (subject to hydrolysis) is 1. The van der Waals surface area contributed by atoms with Crippen LogP contribution in [0.4, 0.5) is 4.79 Å². The molecule has 2 aliphatic rings. The van der Waals surface area contributed by atoms with E-state index in [1.807, 2.05) is 30.3 Å². The standard InChI is InChI=1S/C16H19NO5S/c18-15-12-6-14(7-13(15)10-23(20,21)9-12)17-16(19)22-8-11-4-2-1-3-5-11/h1-5,12-14H,6-10H2,(H,17,19). The summed E-state index contributed by atoms with van der Waals surface area (Å²) in [6.07, 6.45) is 0.207. The Labute approximate surface area is 135 Å². The number of carbonyl (C=O) groups is 2. The Kier molecular flexibility index (Phi) is 4.39. The summed E-state index contributed by atoms with van der Waals surface area (Å²) < 4.78 is 28.6. The molecule has 1 heterocycles.